The molecule has 0 fully saturated rings. The Kier molecular flexibility index (Phi) is 5.28. The third kappa shape index (κ3) is 3.79. The van der Waals surface area contributed by atoms with Gasteiger partial charge in [-0.2, -0.15) is 0 Å². The minimum atomic E-state index is -0.928. The molecule has 3 rings (SSSR count). The van der Waals surface area contributed by atoms with Crippen LogP contribution in [0.5, 0.6) is 0 Å². The first-order valence-corrected chi connectivity index (χ1v) is 9.15. The van der Waals surface area contributed by atoms with Crippen LogP contribution in [0.2, 0.25) is 0 Å². The number of hydrogen-bond donors (Lipinski definition) is 2. The van der Waals surface area contributed by atoms with Gasteiger partial charge in [0.2, 0.25) is 5.91 Å². The number of nitrogens with zero attached hydrogens (tertiary/aromatic N) is 1. The van der Waals surface area contributed by atoms with Crippen LogP contribution in [0.25, 0.3) is 11.3 Å². The molecule has 5 nitrogen and oxygen atoms in total. The molecular weight excluding hydrogens is 336 g/mol. The van der Waals surface area contributed by atoms with Crippen molar-refractivity contribution in [2.75, 3.05) is 5.32 Å². The summed E-state index contributed by atoms with van der Waals surface area (Å²) in [6, 6.07) is 9.85. The van der Waals surface area contributed by atoms with Crippen molar-refractivity contribution in [2.45, 2.75) is 26.2 Å². The van der Waals surface area contributed by atoms with Gasteiger partial charge in [-0.1, -0.05) is 49.4 Å². The Labute approximate surface area is 150 Å². The largest absolute Gasteiger partial charge is 0.481 e. The molecule has 130 valence electrons. The minimum absolute atomic E-state index is 0.271. The topological polar surface area (TPSA) is 79.3 Å². The van der Waals surface area contributed by atoms with Gasteiger partial charge in [0.1, 0.15) is 0 Å². The summed E-state index contributed by atoms with van der Waals surface area (Å²) in [5.41, 5.74) is 1.89. The number of amides is 1. The molecule has 0 spiro atoms. The number of anilines is 1. The van der Waals surface area contributed by atoms with Crippen LogP contribution in [0.15, 0.2) is 42.5 Å². The number of carboxylic acids is 1. The molecule has 1 aromatic heterocycles. The van der Waals surface area contributed by atoms with E-state index in [2.05, 4.69) is 17.2 Å². The first kappa shape index (κ1) is 17.4. The van der Waals surface area contributed by atoms with Gasteiger partial charge in [-0.15, -0.1) is 11.3 Å². The lowest BCUT2D eigenvalue weighted by atomic mass is 9.82. The Balaban J connectivity index is 1.81. The Morgan fingerprint density at radius 3 is 2.52 bits per heavy atom. The summed E-state index contributed by atoms with van der Waals surface area (Å²) in [5, 5.41) is 12.7. The van der Waals surface area contributed by atoms with E-state index in [1.165, 1.54) is 11.3 Å². The van der Waals surface area contributed by atoms with Crippen LogP contribution in [-0.4, -0.2) is 22.0 Å². The lowest BCUT2D eigenvalue weighted by Gasteiger charge is -2.23. The summed E-state index contributed by atoms with van der Waals surface area (Å²) in [6.45, 7) is 2.05. The van der Waals surface area contributed by atoms with E-state index in [0.29, 0.717) is 18.0 Å². The molecule has 1 aromatic carbocycles. The van der Waals surface area contributed by atoms with Crippen LogP contribution in [0.1, 0.15) is 24.6 Å². The third-order valence-corrected chi connectivity index (χ3v) is 5.50. The molecule has 2 atom stereocenters. The van der Waals surface area contributed by atoms with Crippen LogP contribution >= 0.6 is 11.3 Å². The minimum Gasteiger partial charge on any atom is -0.481 e. The predicted octanol–water partition coefficient (Wildman–Crippen LogP) is 3.98. The molecule has 1 amide bonds. The van der Waals surface area contributed by atoms with E-state index < -0.39 is 17.8 Å². The van der Waals surface area contributed by atoms with Crippen molar-refractivity contribution < 1.29 is 14.7 Å². The number of allylic oxidation sites excluding steroid dienone is 2. The number of carboxylic acid groups (broad SMARTS) is 1. The van der Waals surface area contributed by atoms with E-state index in [1.807, 2.05) is 42.5 Å². The predicted molar refractivity (Wildman–Crippen MR) is 98.5 cm³/mol. The molecule has 2 N–H and O–H groups in total. The second-order valence-corrected chi connectivity index (χ2v) is 7.08. The van der Waals surface area contributed by atoms with Crippen LogP contribution < -0.4 is 5.32 Å². The summed E-state index contributed by atoms with van der Waals surface area (Å²) in [7, 11) is 0. The number of thiazole rings is 1. The van der Waals surface area contributed by atoms with Crippen molar-refractivity contribution in [3.05, 3.63) is 47.4 Å². The number of nitrogens with one attached hydrogen (secondary N) is 1. The third-order valence-electron chi connectivity index (χ3n) is 4.38. The fourth-order valence-electron chi connectivity index (χ4n) is 3.04. The Morgan fingerprint density at radius 2 is 1.88 bits per heavy atom. The van der Waals surface area contributed by atoms with E-state index in [-0.39, 0.29) is 5.91 Å². The van der Waals surface area contributed by atoms with Crippen molar-refractivity contribution in [1.82, 2.24) is 4.98 Å². The number of aromatic nitrogens is 1. The fourth-order valence-corrected chi connectivity index (χ4v) is 3.97. The van der Waals surface area contributed by atoms with Gasteiger partial charge >= 0.3 is 5.97 Å². The maximum Gasteiger partial charge on any atom is 0.307 e. The maximum absolute atomic E-state index is 12.6. The second kappa shape index (κ2) is 7.61. The number of carbonyl (C=O) groups is 2. The van der Waals surface area contributed by atoms with Gasteiger partial charge in [-0.05, 0) is 19.3 Å². The molecular formula is C19H20N2O3S. The molecule has 1 aliphatic rings. The Bertz CT molecular complexity index is 798. The van der Waals surface area contributed by atoms with Gasteiger partial charge in [0.25, 0.3) is 0 Å². The first-order valence-electron chi connectivity index (χ1n) is 8.34. The lowest BCUT2D eigenvalue weighted by Crippen LogP contribution is -2.34. The molecule has 0 unspecified atom stereocenters. The summed E-state index contributed by atoms with van der Waals surface area (Å²) in [6.07, 6.45) is 5.36. The van der Waals surface area contributed by atoms with Gasteiger partial charge in [-0.3, -0.25) is 9.59 Å². The van der Waals surface area contributed by atoms with E-state index in [1.54, 1.807) is 0 Å². The molecule has 0 bridgehead atoms. The van der Waals surface area contributed by atoms with Crippen molar-refractivity contribution in [1.29, 1.82) is 0 Å². The number of carbonyl (C=O) groups excluding carboxylic acids is 1. The van der Waals surface area contributed by atoms with E-state index in [4.69, 9.17) is 0 Å². The second-order valence-electron chi connectivity index (χ2n) is 5.99. The van der Waals surface area contributed by atoms with Gasteiger partial charge in [0.15, 0.2) is 5.13 Å². The summed E-state index contributed by atoms with van der Waals surface area (Å²) in [4.78, 5) is 29.6. The number of aliphatic carboxylic acids is 1. The highest BCUT2D eigenvalue weighted by Gasteiger charge is 2.34. The summed E-state index contributed by atoms with van der Waals surface area (Å²) < 4.78 is 0. The maximum atomic E-state index is 12.6. The van der Waals surface area contributed by atoms with E-state index >= 15 is 0 Å². The smallest absolute Gasteiger partial charge is 0.307 e. The highest BCUT2D eigenvalue weighted by molar-refractivity contribution is 7.16. The van der Waals surface area contributed by atoms with Crippen molar-refractivity contribution in [3.63, 3.8) is 0 Å². The molecule has 6 heteroatoms. The first-order chi connectivity index (χ1) is 12.1. The zero-order valence-corrected chi connectivity index (χ0v) is 14.8. The van der Waals surface area contributed by atoms with Crippen LogP contribution in [0, 0.1) is 11.8 Å². The zero-order chi connectivity index (χ0) is 17.8. The van der Waals surface area contributed by atoms with Crippen molar-refractivity contribution in [3.8, 4) is 11.3 Å². The molecule has 1 aliphatic carbocycles. The van der Waals surface area contributed by atoms with E-state index in [9.17, 15) is 14.7 Å². The normalized spacial score (nSPS) is 19.6. The summed E-state index contributed by atoms with van der Waals surface area (Å²) in [5.74, 6) is -2.43. The van der Waals surface area contributed by atoms with Crippen LogP contribution in [-0.2, 0) is 16.0 Å². The molecule has 0 saturated carbocycles. The highest BCUT2D eigenvalue weighted by atomic mass is 32.1. The van der Waals surface area contributed by atoms with Gasteiger partial charge < -0.3 is 10.4 Å². The van der Waals surface area contributed by atoms with Crippen LogP contribution in [0.3, 0.4) is 0 Å². The standard InChI is InChI=1S/C19H20N2O3S/c1-2-15-16(12-8-4-3-5-9-12)20-19(25-15)21-17(22)13-10-6-7-11-14(13)18(23)24/h3-9,13-14H,2,10-11H2,1H3,(H,23,24)(H,20,21,22)/t13-,14-/m0/s1. The quantitative estimate of drug-likeness (QED) is 0.794. The van der Waals surface area contributed by atoms with Crippen LogP contribution in [0.4, 0.5) is 5.13 Å². The molecule has 25 heavy (non-hydrogen) atoms. The van der Waals surface area contributed by atoms with Crippen molar-refractivity contribution >= 4 is 28.3 Å². The molecule has 0 radical (unpaired) electrons. The number of aryl methyl sites for hydroxylation is 1. The molecule has 2 aromatic rings. The zero-order valence-electron chi connectivity index (χ0n) is 13.9. The van der Waals surface area contributed by atoms with E-state index in [0.717, 1.165) is 22.6 Å². The number of rotatable bonds is 5. The van der Waals surface area contributed by atoms with Crippen molar-refractivity contribution in [2.24, 2.45) is 11.8 Å². The Morgan fingerprint density at radius 1 is 1.20 bits per heavy atom. The average Bonchev–Trinajstić information content (AvgIpc) is 3.05. The average molecular weight is 356 g/mol. The SMILES string of the molecule is CCc1sc(NC(=O)[C@H]2CC=CC[C@@H]2C(=O)O)nc1-c1ccccc1. The fraction of sp³-hybridized carbons (Fsp3) is 0.316. The lowest BCUT2D eigenvalue weighted by molar-refractivity contribution is -0.146. The summed E-state index contributed by atoms with van der Waals surface area (Å²) >= 11 is 1.45. The van der Waals surface area contributed by atoms with Gasteiger partial charge in [0.05, 0.1) is 17.5 Å². The molecule has 0 aliphatic heterocycles. The van der Waals surface area contributed by atoms with Gasteiger partial charge in [0, 0.05) is 10.4 Å². The molecule has 1 heterocycles. The van der Waals surface area contributed by atoms with Gasteiger partial charge in [-0.25, -0.2) is 4.98 Å². The Hall–Kier alpha value is -2.47. The number of hydrogen-bond acceptors (Lipinski definition) is 4. The monoisotopic (exact) mass is 356 g/mol. The number of benzene rings is 1. The highest BCUT2D eigenvalue weighted by Crippen LogP contribution is 2.33. The molecule has 0 saturated heterocycles.